The largest absolute Gasteiger partial charge is 0.493 e. The van der Waals surface area contributed by atoms with Gasteiger partial charge in [-0.05, 0) is 6.07 Å². The summed E-state index contributed by atoms with van der Waals surface area (Å²) in [4.78, 5) is 20.8. The Balaban J connectivity index is 1.66. The highest BCUT2D eigenvalue weighted by Crippen LogP contribution is 2.46. The van der Waals surface area contributed by atoms with Gasteiger partial charge in [0.2, 0.25) is 0 Å². The standard InChI is InChI=1S/C21H32NO18P/c1-34-10-3-8(9(22(30)31)4-11(10)35-2)6-36-41(32,33)37-7-13-15(25)17(27)19(29)21(39-13)40-20-18(28)16(26)14(24)12(5-23)38-20/h3-4,12-21,23-29H,5-7H2,1-2H3,(H,32,33). The number of rotatable bonds is 12. The van der Waals surface area contributed by atoms with Crippen LogP contribution < -0.4 is 9.47 Å². The lowest BCUT2D eigenvalue weighted by atomic mass is 9.98. The molecule has 2 aliphatic heterocycles. The topological polar surface area (TPSA) is 287 Å². The zero-order valence-corrected chi connectivity index (χ0v) is 22.5. The van der Waals surface area contributed by atoms with Crippen molar-refractivity contribution in [3.63, 3.8) is 0 Å². The molecule has 0 amide bonds. The van der Waals surface area contributed by atoms with Crippen LogP contribution in [0, 0.1) is 10.1 Å². The molecule has 2 fully saturated rings. The fourth-order valence-electron chi connectivity index (χ4n) is 4.03. The molecule has 8 N–H and O–H groups in total. The van der Waals surface area contributed by atoms with Crippen LogP contribution in [-0.2, 0) is 34.4 Å². The number of aliphatic hydroxyl groups excluding tert-OH is 7. The Hall–Kier alpha value is -2.07. The molecule has 11 atom stereocenters. The van der Waals surface area contributed by atoms with Crippen molar-refractivity contribution in [2.24, 2.45) is 0 Å². The molecule has 0 radical (unpaired) electrons. The van der Waals surface area contributed by atoms with Gasteiger partial charge in [0.05, 0.1) is 50.6 Å². The molecule has 19 nitrogen and oxygen atoms in total. The van der Waals surface area contributed by atoms with Crippen molar-refractivity contribution in [1.82, 2.24) is 0 Å². The summed E-state index contributed by atoms with van der Waals surface area (Å²) in [7, 11) is -2.47. The minimum absolute atomic E-state index is 0.0241. The highest BCUT2D eigenvalue weighted by Gasteiger charge is 2.50. The molecule has 0 saturated carbocycles. The highest BCUT2D eigenvalue weighted by molar-refractivity contribution is 7.47. The smallest absolute Gasteiger partial charge is 0.472 e. The Kier molecular flexibility index (Phi) is 11.4. The summed E-state index contributed by atoms with van der Waals surface area (Å²) in [6.07, 6.45) is -18.0. The number of benzene rings is 1. The molecule has 2 aliphatic rings. The van der Waals surface area contributed by atoms with E-state index in [2.05, 4.69) is 0 Å². The third-order valence-electron chi connectivity index (χ3n) is 6.35. The Morgan fingerprint density at radius 2 is 1.37 bits per heavy atom. The summed E-state index contributed by atoms with van der Waals surface area (Å²) >= 11 is 0. The molecule has 20 heteroatoms. The van der Waals surface area contributed by atoms with Gasteiger partial charge in [0.25, 0.3) is 5.69 Å². The van der Waals surface area contributed by atoms with Gasteiger partial charge in [-0.25, -0.2) is 4.57 Å². The van der Waals surface area contributed by atoms with Crippen LogP contribution in [0.1, 0.15) is 5.56 Å². The maximum atomic E-state index is 12.5. The molecular weight excluding hydrogens is 585 g/mol. The molecule has 0 spiro atoms. The summed E-state index contributed by atoms with van der Waals surface area (Å²) in [6, 6.07) is 2.18. The molecule has 0 bridgehead atoms. The third kappa shape index (κ3) is 7.66. The van der Waals surface area contributed by atoms with E-state index in [1.165, 1.54) is 14.2 Å². The normalized spacial score (nSPS) is 35.5. The van der Waals surface area contributed by atoms with Crippen LogP contribution in [0.3, 0.4) is 0 Å². The van der Waals surface area contributed by atoms with Crippen molar-refractivity contribution in [3.05, 3.63) is 27.8 Å². The molecule has 0 aromatic heterocycles. The fourth-order valence-corrected chi connectivity index (χ4v) is 4.74. The van der Waals surface area contributed by atoms with Gasteiger partial charge in [-0.3, -0.25) is 19.2 Å². The van der Waals surface area contributed by atoms with Crippen LogP contribution in [-0.4, -0.2) is 134 Å². The molecule has 234 valence electrons. The van der Waals surface area contributed by atoms with E-state index in [0.717, 1.165) is 12.1 Å². The van der Waals surface area contributed by atoms with E-state index in [0.29, 0.717) is 0 Å². The summed E-state index contributed by atoms with van der Waals surface area (Å²) in [5.41, 5.74) is -0.690. The maximum Gasteiger partial charge on any atom is 0.472 e. The van der Waals surface area contributed by atoms with Gasteiger partial charge in [-0.2, -0.15) is 0 Å². The Morgan fingerprint density at radius 1 is 0.854 bits per heavy atom. The summed E-state index contributed by atoms with van der Waals surface area (Å²) < 4.78 is 48.0. The van der Waals surface area contributed by atoms with Gasteiger partial charge in [-0.1, -0.05) is 0 Å². The predicted molar refractivity (Wildman–Crippen MR) is 128 cm³/mol. The van der Waals surface area contributed by atoms with E-state index >= 15 is 0 Å². The van der Waals surface area contributed by atoms with Gasteiger partial charge in [0.15, 0.2) is 24.1 Å². The van der Waals surface area contributed by atoms with E-state index in [1.54, 1.807) is 0 Å². The van der Waals surface area contributed by atoms with Gasteiger partial charge < -0.3 is 64.3 Å². The van der Waals surface area contributed by atoms with E-state index < -0.39 is 99.7 Å². The van der Waals surface area contributed by atoms with Crippen molar-refractivity contribution in [2.75, 3.05) is 27.4 Å². The summed E-state index contributed by atoms with van der Waals surface area (Å²) in [6.45, 7) is -2.53. The quantitative estimate of drug-likeness (QED) is 0.0653. The number of nitrogens with zero attached hydrogens (tertiary/aromatic N) is 1. The number of hydrogen-bond donors (Lipinski definition) is 8. The number of nitro groups is 1. The van der Waals surface area contributed by atoms with Crippen LogP contribution in [0.5, 0.6) is 11.5 Å². The number of aliphatic hydroxyl groups is 7. The fraction of sp³-hybridized carbons (Fsp3) is 0.714. The lowest BCUT2D eigenvalue weighted by Gasteiger charge is -2.44. The first-order chi connectivity index (χ1) is 19.2. The second-order valence-corrected chi connectivity index (χ2v) is 10.4. The van der Waals surface area contributed by atoms with Crippen molar-refractivity contribution in [1.29, 1.82) is 0 Å². The minimum atomic E-state index is -4.99. The maximum absolute atomic E-state index is 12.5. The number of phosphoric acid groups is 1. The molecule has 1 aromatic carbocycles. The monoisotopic (exact) mass is 617 g/mol. The van der Waals surface area contributed by atoms with Crippen LogP contribution >= 0.6 is 7.82 Å². The van der Waals surface area contributed by atoms with Gasteiger partial charge in [0, 0.05) is 0 Å². The van der Waals surface area contributed by atoms with E-state index in [9.17, 15) is 55.3 Å². The minimum Gasteiger partial charge on any atom is -0.493 e. The van der Waals surface area contributed by atoms with Gasteiger partial charge >= 0.3 is 7.82 Å². The zero-order chi connectivity index (χ0) is 30.6. The Bertz CT molecular complexity index is 1090. The number of ether oxygens (including phenoxy) is 5. The van der Waals surface area contributed by atoms with E-state index in [4.69, 9.17) is 32.7 Å². The average Bonchev–Trinajstić information content (AvgIpc) is 2.95. The number of nitro benzene ring substituents is 1. The third-order valence-corrected chi connectivity index (χ3v) is 7.28. The first kappa shape index (κ1) is 33.4. The first-order valence-electron chi connectivity index (χ1n) is 11.9. The van der Waals surface area contributed by atoms with Crippen LogP contribution in [0.4, 0.5) is 5.69 Å². The lowest BCUT2D eigenvalue weighted by Crippen LogP contribution is -2.63. The Labute approximate surface area is 231 Å². The van der Waals surface area contributed by atoms with Crippen molar-refractivity contribution in [3.8, 4) is 11.5 Å². The van der Waals surface area contributed by atoms with Crippen molar-refractivity contribution < 1.29 is 82.9 Å². The lowest BCUT2D eigenvalue weighted by molar-refractivity contribution is -0.385. The predicted octanol–water partition coefficient (Wildman–Crippen LogP) is -3.13. The molecule has 3 rings (SSSR count). The first-order valence-corrected chi connectivity index (χ1v) is 13.4. The van der Waals surface area contributed by atoms with Gasteiger partial charge in [-0.15, -0.1) is 0 Å². The SMILES string of the molecule is COc1cc(COP(=O)(O)OCC2OC(OC3OC(CO)C(O)C(O)C3O)C(O)C(O)C2O)c([N+](=O)[O-])cc1OC. The van der Waals surface area contributed by atoms with Crippen LogP contribution in [0.25, 0.3) is 0 Å². The molecule has 1 aromatic rings. The second-order valence-electron chi connectivity index (χ2n) is 8.98. The molecular formula is C21H32NO18P. The average molecular weight is 617 g/mol. The van der Waals surface area contributed by atoms with Crippen molar-refractivity contribution >= 4 is 13.5 Å². The molecule has 2 heterocycles. The molecule has 2 saturated heterocycles. The number of methoxy groups -OCH3 is 2. The zero-order valence-electron chi connectivity index (χ0n) is 21.6. The van der Waals surface area contributed by atoms with E-state index in [-0.39, 0.29) is 17.1 Å². The summed E-state index contributed by atoms with van der Waals surface area (Å²) in [5.74, 6) is 0.0955. The van der Waals surface area contributed by atoms with Crippen LogP contribution in [0.2, 0.25) is 0 Å². The van der Waals surface area contributed by atoms with Crippen molar-refractivity contribution in [2.45, 2.75) is 68.0 Å². The van der Waals surface area contributed by atoms with Crippen LogP contribution in [0.15, 0.2) is 12.1 Å². The number of hydrogen-bond acceptors (Lipinski definition) is 17. The number of phosphoric ester groups is 1. The Morgan fingerprint density at radius 3 is 1.88 bits per heavy atom. The molecule has 0 aliphatic carbocycles. The van der Waals surface area contributed by atoms with Gasteiger partial charge in [0.1, 0.15) is 48.8 Å². The molecule has 11 unspecified atom stereocenters. The highest BCUT2D eigenvalue weighted by atomic mass is 31.2. The van der Waals surface area contributed by atoms with E-state index in [1.807, 2.05) is 0 Å². The summed E-state index contributed by atoms with van der Waals surface area (Å²) in [5, 5.41) is 81.5. The second kappa shape index (κ2) is 13.9. The molecule has 41 heavy (non-hydrogen) atoms.